The summed E-state index contributed by atoms with van der Waals surface area (Å²) in [5.74, 6) is 1.19. The number of rotatable bonds is 3. The van der Waals surface area contributed by atoms with Crippen molar-refractivity contribution in [1.82, 2.24) is 15.0 Å². The summed E-state index contributed by atoms with van der Waals surface area (Å²) >= 11 is 5.95. The van der Waals surface area contributed by atoms with E-state index in [1.165, 1.54) is 0 Å². The zero-order valence-electron chi connectivity index (χ0n) is 10.4. The monoisotopic (exact) mass is 278 g/mol. The Morgan fingerprint density at radius 1 is 1.47 bits per heavy atom. The van der Waals surface area contributed by atoms with Gasteiger partial charge in [-0.3, -0.25) is 4.90 Å². The van der Waals surface area contributed by atoms with E-state index in [1.807, 2.05) is 24.3 Å². The standard InChI is InChI=1S/C13H15ClN4O/c14-10-3-1-2-9(6-10)13-16-12(19-17-13)8-18-5-4-11(15)7-18/h1-3,6,11H,4-5,7-8,15H2/t11-/m1/s1. The van der Waals surface area contributed by atoms with Crippen molar-refractivity contribution in [2.24, 2.45) is 5.73 Å². The van der Waals surface area contributed by atoms with Crippen LogP contribution in [0.25, 0.3) is 11.4 Å². The number of likely N-dealkylation sites (tertiary alicyclic amines) is 1. The van der Waals surface area contributed by atoms with Gasteiger partial charge in [-0.05, 0) is 18.6 Å². The zero-order valence-corrected chi connectivity index (χ0v) is 11.2. The molecule has 1 aliphatic rings. The molecule has 0 amide bonds. The molecule has 3 rings (SSSR count). The van der Waals surface area contributed by atoms with Crippen LogP contribution in [0.2, 0.25) is 5.02 Å². The lowest BCUT2D eigenvalue weighted by Gasteiger charge is -2.10. The molecule has 0 unspecified atom stereocenters. The van der Waals surface area contributed by atoms with Gasteiger partial charge in [0.05, 0.1) is 6.54 Å². The highest BCUT2D eigenvalue weighted by molar-refractivity contribution is 6.30. The maximum atomic E-state index is 5.95. The Labute approximate surface area is 116 Å². The number of nitrogens with zero attached hydrogens (tertiary/aromatic N) is 3. The lowest BCUT2D eigenvalue weighted by atomic mass is 10.2. The summed E-state index contributed by atoms with van der Waals surface area (Å²) in [6, 6.07) is 7.68. The molecular formula is C13H15ClN4O. The van der Waals surface area contributed by atoms with Gasteiger partial charge in [-0.2, -0.15) is 4.98 Å². The SMILES string of the molecule is N[C@@H]1CCN(Cc2nc(-c3cccc(Cl)c3)no2)C1. The highest BCUT2D eigenvalue weighted by Crippen LogP contribution is 2.20. The quantitative estimate of drug-likeness (QED) is 0.929. The van der Waals surface area contributed by atoms with Gasteiger partial charge in [-0.1, -0.05) is 28.9 Å². The second kappa shape index (κ2) is 5.28. The number of aromatic nitrogens is 2. The second-order valence-electron chi connectivity index (χ2n) is 4.81. The lowest BCUT2D eigenvalue weighted by molar-refractivity contribution is 0.265. The van der Waals surface area contributed by atoms with Crippen LogP contribution >= 0.6 is 11.6 Å². The smallest absolute Gasteiger partial charge is 0.241 e. The zero-order chi connectivity index (χ0) is 13.2. The van der Waals surface area contributed by atoms with Crippen LogP contribution in [0, 0.1) is 0 Å². The molecule has 19 heavy (non-hydrogen) atoms. The van der Waals surface area contributed by atoms with Crippen LogP contribution in [0.4, 0.5) is 0 Å². The van der Waals surface area contributed by atoms with Crippen LogP contribution < -0.4 is 5.73 Å². The summed E-state index contributed by atoms with van der Waals surface area (Å²) in [6.07, 6.45) is 1.02. The molecule has 0 aliphatic carbocycles. The summed E-state index contributed by atoms with van der Waals surface area (Å²) in [6.45, 7) is 2.52. The summed E-state index contributed by atoms with van der Waals surface area (Å²) in [4.78, 5) is 6.61. The molecule has 1 aromatic carbocycles. The molecule has 0 bridgehead atoms. The third-order valence-electron chi connectivity index (χ3n) is 3.22. The Morgan fingerprint density at radius 2 is 2.37 bits per heavy atom. The molecule has 2 N–H and O–H groups in total. The van der Waals surface area contributed by atoms with Gasteiger partial charge in [-0.25, -0.2) is 0 Å². The van der Waals surface area contributed by atoms with Gasteiger partial charge >= 0.3 is 0 Å². The Kier molecular flexibility index (Phi) is 3.50. The van der Waals surface area contributed by atoms with Crippen LogP contribution in [0.3, 0.4) is 0 Å². The summed E-state index contributed by atoms with van der Waals surface area (Å²) < 4.78 is 5.27. The van der Waals surface area contributed by atoms with Crippen molar-refractivity contribution in [2.75, 3.05) is 13.1 Å². The minimum absolute atomic E-state index is 0.260. The summed E-state index contributed by atoms with van der Waals surface area (Å²) in [5, 5.41) is 4.65. The number of nitrogens with two attached hydrogens (primary N) is 1. The third-order valence-corrected chi connectivity index (χ3v) is 3.45. The molecule has 1 fully saturated rings. The van der Waals surface area contributed by atoms with Crippen LogP contribution in [0.5, 0.6) is 0 Å². The van der Waals surface area contributed by atoms with E-state index < -0.39 is 0 Å². The molecule has 2 aromatic rings. The van der Waals surface area contributed by atoms with E-state index in [0.29, 0.717) is 23.3 Å². The van der Waals surface area contributed by atoms with Crippen LogP contribution in [0.1, 0.15) is 12.3 Å². The minimum Gasteiger partial charge on any atom is -0.338 e. The maximum absolute atomic E-state index is 5.95. The number of hydrogen-bond acceptors (Lipinski definition) is 5. The predicted octanol–water partition coefficient (Wildman–Crippen LogP) is 1.92. The highest BCUT2D eigenvalue weighted by Gasteiger charge is 2.21. The van der Waals surface area contributed by atoms with Crippen molar-refractivity contribution in [3.8, 4) is 11.4 Å². The summed E-state index contributed by atoms with van der Waals surface area (Å²) in [5.41, 5.74) is 6.73. The van der Waals surface area contributed by atoms with Crippen LogP contribution in [-0.2, 0) is 6.54 Å². The van der Waals surface area contributed by atoms with E-state index in [1.54, 1.807) is 0 Å². The van der Waals surface area contributed by atoms with Gasteiger partial charge in [0.25, 0.3) is 0 Å². The van der Waals surface area contributed by atoms with Gasteiger partial charge in [0.2, 0.25) is 11.7 Å². The number of halogens is 1. The van der Waals surface area contributed by atoms with Gasteiger partial charge in [0.15, 0.2) is 0 Å². The van der Waals surface area contributed by atoms with E-state index in [4.69, 9.17) is 21.9 Å². The van der Waals surface area contributed by atoms with Gasteiger partial charge < -0.3 is 10.3 Å². The molecule has 1 aliphatic heterocycles. The molecule has 100 valence electrons. The molecular weight excluding hydrogens is 264 g/mol. The third kappa shape index (κ3) is 2.94. The molecule has 0 spiro atoms. The lowest BCUT2D eigenvalue weighted by Crippen LogP contribution is -2.26. The fourth-order valence-electron chi connectivity index (χ4n) is 2.26. The van der Waals surface area contributed by atoms with E-state index in [2.05, 4.69) is 15.0 Å². The second-order valence-corrected chi connectivity index (χ2v) is 5.24. The first-order valence-electron chi connectivity index (χ1n) is 6.27. The first kappa shape index (κ1) is 12.6. The van der Waals surface area contributed by atoms with Crippen molar-refractivity contribution in [1.29, 1.82) is 0 Å². The number of hydrogen-bond donors (Lipinski definition) is 1. The van der Waals surface area contributed by atoms with Gasteiger partial charge in [-0.15, -0.1) is 0 Å². The normalized spacial score (nSPS) is 20.0. The van der Waals surface area contributed by atoms with Crippen LogP contribution in [0.15, 0.2) is 28.8 Å². The van der Waals surface area contributed by atoms with Crippen LogP contribution in [-0.4, -0.2) is 34.2 Å². The van der Waals surface area contributed by atoms with Gasteiger partial charge in [0, 0.05) is 29.7 Å². The van der Waals surface area contributed by atoms with Crippen molar-refractivity contribution in [2.45, 2.75) is 19.0 Å². The van der Waals surface area contributed by atoms with E-state index in [0.717, 1.165) is 25.1 Å². The highest BCUT2D eigenvalue weighted by atomic mass is 35.5. The molecule has 1 aromatic heterocycles. The Morgan fingerprint density at radius 3 is 3.11 bits per heavy atom. The molecule has 2 heterocycles. The molecule has 1 atom stereocenters. The van der Waals surface area contributed by atoms with Gasteiger partial charge in [0.1, 0.15) is 0 Å². The van der Waals surface area contributed by atoms with Crippen molar-refractivity contribution >= 4 is 11.6 Å². The first-order valence-corrected chi connectivity index (χ1v) is 6.65. The van der Waals surface area contributed by atoms with E-state index in [9.17, 15) is 0 Å². The average Bonchev–Trinajstić information content (AvgIpc) is 2.99. The summed E-state index contributed by atoms with van der Waals surface area (Å²) in [7, 11) is 0. The number of benzene rings is 1. The van der Waals surface area contributed by atoms with Crippen molar-refractivity contribution in [3.05, 3.63) is 35.2 Å². The van der Waals surface area contributed by atoms with E-state index in [-0.39, 0.29) is 6.04 Å². The molecule has 5 nitrogen and oxygen atoms in total. The molecule has 0 radical (unpaired) electrons. The largest absolute Gasteiger partial charge is 0.338 e. The molecule has 0 saturated carbocycles. The fraction of sp³-hybridized carbons (Fsp3) is 0.385. The Hall–Kier alpha value is -1.43. The minimum atomic E-state index is 0.260. The van der Waals surface area contributed by atoms with E-state index >= 15 is 0 Å². The maximum Gasteiger partial charge on any atom is 0.241 e. The van der Waals surface area contributed by atoms with Crippen molar-refractivity contribution in [3.63, 3.8) is 0 Å². The fourth-order valence-corrected chi connectivity index (χ4v) is 2.45. The Bertz CT molecular complexity index is 571. The van der Waals surface area contributed by atoms with Crippen molar-refractivity contribution < 1.29 is 4.52 Å². The molecule has 6 heteroatoms. The predicted molar refractivity (Wildman–Crippen MR) is 72.6 cm³/mol. The first-order chi connectivity index (χ1) is 9.20. The topological polar surface area (TPSA) is 68.2 Å². The Balaban J connectivity index is 1.73. The molecule has 1 saturated heterocycles. The average molecular weight is 279 g/mol.